The summed E-state index contributed by atoms with van der Waals surface area (Å²) < 4.78 is 5.42. The van der Waals surface area contributed by atoms with Crippen LogP contribution >= 0.6 is 11.8 Å². The van der Waals surface area contributed by atoms with Gasteiger partial charge in [0.1, 0.15) is 0 Å². The second-order valence-corrected chi connectivity index (χ2v) is 6.73. The highest BCUT2D eigenvalue weighted by atomic mass is 32.2. The molecule has 2 N–H and O–H groups in total. The van der Waals surface area contributed by atoms with E-state index in [1.807, 2.05) is 60.7 Å². The van der Waals surface area contributed by atoms with Crippen LogP contribution in [0.1, 0.15) is 23.6 Å². The van der Waals surface area contributed by atoms with Crippen molar-refractivity contribution in [1.29, 1.82) is 0 Å². The predicted octanol–water partition coefficient (Wildman–Crippen LogP) is 3.84. The average Bonchev–Trinajstić information content (AvgIpc) is 2.67. The maximum atomic E-state index is 12.4. The minimum atomic E-state index is -0.191. The van der Waals surface area contributed by atoms with E-state index in [1.54, 1.807) is 18.9 Å². The smallest absolute Gasteiger partial charge is 0.315 e. The first-order valence-corrected chi connectivity index (χ1v) is 9.80. The number of methoxy groups -OCH3 is 1. The molecule has 0 fully saturated rings. The van der Waals surface area contributed by atoms with Crippen molar-refractivity contribution in [2.24, 2.45) is 0 Å². The van der Waals surface area contributed by atoms with Crippen LogP contribution in [0.2, 0.25) is 0 Å². The Kier molecular flexibility index (Phi) is 8.35. The lowest BCUT2D eigenvalue weighted by molar-refractivity contribution is 0.101. The first-order chi connectivity index (χ1) is 12.2. The molecule has 0 radical (unpaired) electrons. The van der Waals surface area contributed by atoms with Gasteiger partial charge in [-0.1, -0.05) is 60.7 Å². The maximum Gasteiger partial charge on any atom is 0.315 e. The number of amides is 2. The summed E-state index contributed by atoms with van der Waals surface area (Å²) in [7, 11) is 1.68. The first kappa shape index (κ1) is 19.3. The summed E-state index contributed by atoms with van der Waals surface area (Å²) in [5.41, 5.74) is 2.10. The standard InChI is InChI=1S/C20H26N2O2S/c1-24-18(13-14-25-2)15-21-20(23)22-19(16-9-5-3-6-10-16)17-11-7-4-8-12-17/h3-12,18-19H,13-15H2,1-2H3,(H2,21,22,23). The molecule has 0 aliphatic rings. The largest absolute Gasteiger partial charge is 0.380 e. The van der Waals surface area contributed by atoms with Crippen molar-refractivity contribution in [2.75, 3.05) is 25.7 Å². The number of rotatable bonds is 9. The van der Waals surface area contributed by atoms with Crippen LogP contribution in [0, 0.1) is 0 Å². The average molecular weight is 359 g/mol. The predicted molar refractivity (Wildman–Crippen MR) is 105 cm³/mol. The van der Waals surface area contributed by atoms with Gasteiger partial charge in [-0.05, 0) is 29.6 Å². The highest BCUT2D eigenvalue weighted by Crippen LogP contribution is 2.21. The van der Waals surface area contributed by atoms with E-state index in [2.05, 4.69) is 16.9 Å². The number of hydrogen-bond donors (Lipinski definition) is 2. The molecule has 2 rings (SSSR count). The minimum Gasteiger partial charge on any atom is -0.380 e. The molecule has 0 saturated heterocycles. The van der Waals surface area contributed by atoms with Gasteiger partial charge in [-0.25, -0.2) is 4.79 Å². The van der Waals surface area contributed by atoms with Crippen LogP contribution in [-0.2, 0) is 4.74 Å². The number of benzene rings is 2. The van der Waals surface area contributed by atoms with Crippen molar-refractivity contribution in [3.8, 4) is 0 Å². The Morgan fingerprint density at radius 1 is 1.04 bits per heavy atom. The molecule has 2 aromatic rings. The molecule has 1 atom stereocenters. The second kappa shape index (κ2) is 10.8. The molecular weight excluding hydrogens is 332 g/mol. The first-order valence-electron chi connectivity index (χ1n) is 8.40. The lowest BCUT2D eigenvalue weighted by atomic mass is 9.99. The van der Waals surface area contributed by atoms with Crippen molar-refractivity contribution in [1.82, 2.24) is 10.6 Å². The molecule has 0 spiro atoms. The highest BCUT2D eigenvalue weighted by Gasteiger charge is 2.17. The third-order valence-electron chi connectivity index (χ3n) is 4.01. The lowest BCUT2D eigenvalue weighted by Crippen LogP contribution is -2.42. The fourth-order valence-corrected chi connectivity index (χ4v) is 3.09. The van der Waals surface area contributed by atoms with Crippen LogP contribution in [0.5, 0.6) is 0 Å². The zero-order chi connectivity index (χ0) is 17.9. The highest BCUT2D eigenvalue weighted by molar-refractivity contribution is 7.98. The fourth-order valence-electron chi connectivity index (χ4n) is 2.59. The Balaban J connectivity index is 2.01. The maximum absolute atomic E-state index is 12.4. The van der Waals surface area contributed by atoms with Gasteiger partial charge in [0.25, 0.3) is 0 Å². The number of carbonyl (C=O) groups is 1. The molecular formula is C20H26N2O2S. The molecule has 4 nitrogen and oxygen atoms in total. The summed E-state index contributed by atoms with van der Waals surface area (Å²) in [6, 6.07) is 19.6. The third-order valence-corrected chi connectivity index (χ3v) is 4.65. The van der Waals surface area contributed by atoms with Crippen molar-refractivity contribution in [3.63, 3.8) is 0 Å². The molecule has 0 aromatic heterocycles. The van der Waals surface area contributed by atoms with E-state index < -0.39 is 0 Å². The number of hydrogen-bond acceptors (Lipinski definition) is 3. The van der Waals surface area contributed by atoms with E-state index in [0.29, 0.717) is 6.54 Å². The summed E-state index contributed by atoms with van der Waals surface area (Å²) in [6.45, 7) is 0.499. The normalized spacial score (nSPS) is 12.0. The second-order valence-electron chi connectivity index (χ2n) is 5.75. The molecule has 0 aliphatic carbocycles. The van der Waals surface area contributed by atoms with Crippen LogP contribution in [0.15, 0.2) is 60.7 Å². The van der Waals surface area contributed by atoms with Crippen LogP contribution in [0.3, 0.4) is 0 Å². The van der Waals surface area contributed by atoms with E-state index in [-0.39, 0.29) is 18.2 Å². The van der Waals surface area contributed by atoms with Gasteiger partial charge in [0.05, 0.1) is 12.1 Å². The van der Waals surface area contributed by atoms with Crippen molar-refractivity contribution < 1.29 is 9.53 Å². The molecule has 25 heavy (non-hydrogen) atoms. The molecule has 5 heteroatoms. The Morgan fingerprint density at radius 3 is 2.08 bits per heavy atom. The van der Waals surface area contributed by atoms with Crippen molar-refractivity contribution in [2.45, 2.75) is 18.6 Å². The van der Waals surface area contributed by atoms with E-state index in [1.165, 1.54) is 0 Å². The van der Waals surface area contributed by atoms with Crippen LogP contribution < -0.4 is 10.6 Å². The fraction of sp³-hybridized carbons (Fsp3) is 0.350. The molecule has 0 heterocycles. The Labute approximate surface area is 154 Å². The van der Waals surface area contributed by atoms with E-state index in [0.717, 1.165) is 23.3 Å². The summed E-state index contributed by atoms with van der Waals surface area (Å²) in [4.78, 5) is 12.4. The summed E-state index contributed by atoms with van der Waals surface area (Å²) in [6.07, 6.45) is 3.01. The quantitative estimate of drug-likeness (QED) is 0.716. The van der Waals surface area contributed by atoms with Gasteiger partial charge in [0.15, 0.2) is 0 Å². The molecule has 1 unspecified atom stereocenters. The lowest BCUT2D eigenvalue weighted by Gasteiger charge is -2.21. The monoisotopic (exact) mass is 358 g/mol. The zero-order valence-corrected chi connectivity index (χ0v) is 15.6. The number of carbonyl (C=O) groups excluding carboxylic acids is 1. The Bertz CT molecular complexity index is 583. The van der Waals surface area contributed by atoms with Crippen LogP contribution in [-0.4, -0.2) is 37.8 Å². The summed E-state index contributed by atoms with van der Waals surface area (Å²) in [5.74, 6) is 1.01. The molecule has 0 saturated carbocycles. The summed E-state index contributed by atoms with van der Waals surface area (Å²) >= 11 is 1.78. The van der Waals surface area contributed by atoms with Crippen molar-refractivity contribution in [3.05, 3.63) is 71.8 Å². The molecule has 134 valence electrons. The van der Waals surface area contributed by atoms with Crippen molar-refractivity contribution >= 4 is 17.8 Å². The van der Waals surface area contributed by atoms with Gasteiger partial charge in [0.2, 0.25) is 0 Å². The number of urea groups is 1. The van der Waals surface area contributed by atoms with Gasteiger partial charge >= 0.3 is 6.03 Å². The van der Waals surface area contributed by atoms with Crippen LogP contribution in [0.25, 0.3) is 0 Å². The van der Waals surface area contributed by atoms with Crippen LogP contribution in [0.4, 0.5) is 4.79 Å². The molecule has 2 amide bonds. The minimum absolute atomic E-state index is 0.0325. The van der Waals surface area contributed by atoms with Gasteiger partial charge in [-0.2, -0.15) is 11.8 Å². The van der Waals surface area contributed by atoms with E-state index >= 15 is 0 Å². The number of nitrogens with one attached hydrogen (secondary N) is 2. The Hall–Kier alpha value is -1.98. The third kappa shape index (κ3) is 6.44. The van der Waals surface area contributed by atoms with E-state index in [4.69, 9.17) is 4.74 Å². The zero-order valence-electron chi connectivity index (χ0n) is 14.8. The number of thioether (sulfide) groups is 1. The Morgan fingerprint density at radius 2 is 1.60 bits per heavy atom. The van der Waals surface area contributed by atoms with E-state index in [9.17, 15) is 4.79 Å². The van der Waals surface area contributed by atoms with Gasteiger partial charge in [0, 0.05) is 13.7 Å². The SMILES string of the molecule is COC(CCSC)CNC(=O)NC(c1ccccc1)c1ccccc1. The van der Waals surface area contributed by atoms with Gasteiger partial charge in [-0.3, -0.25) is 0 Å². The topological polar surface area (TPSA) is 50.4 Å². The molecule has 0 bridgehead atoms. The molecule has 2 aromatic carbocycles. The summed E-state index contributed by atoms with van der Waals surface area (Å²) in [5, 5.41) is 6.00. The van der Waals surface area contributed by atoms with Gasteiger partial charge in [-0.15, -0.1) is 0 Å². The number of ether oxygens (including phenoxy) is 1. The molecule has 0 aliphatic heterocycles. The van der Waals surface area contributed by atoms with Gasteiger partial charge < -0.3 is 15.4 Å².